The largest absolute Gasteiger partial charge is 0.433 e. The summed E-state index contributed by atoms with van der Waals surface area (Å²) in [5.74, 6) is 0.910. The molecule has 4 rings (SSSR count). The molecule has 4 heterocycles. The van der Waals surface area contributed by atoms with E-state index in [1.807, 2.05) is 4.90 Å². The van der Waals surface area contributed by atoms with Gasteiger partial charge in [0.25, 0.3) is 5.91 Å². The Morgan fingerprint density at radius 2 is 1.72 bits per heavy atom. The van der Waals surface area contributed by atoms with Gasteiger partial charge >= 0.3 is 6.18 Å². The molecule has 0 aliphatic carbocycles. The van der Waals surface area contributed by atoms with Crippen molar-refractivity contribution in [3.63, 3.8) is 0 Å². The van der Waals surface area contributed by atoms with Crippen LogP contribution in [0.2, 0.25) is 0 Å². The third-order valence-electron chi connectivity index (χ3n) is 4.48. The standard InChI is InChI=1S/C17H15F3N8O/c18-17(19,20)13-2-1-12(8-22-13)16(29)27-5-3-26(4-6-27)14-7-15(24-10-23-14)28-11-21-9-25-28/h1-2,7-11H,3-6H2. The normalized spacial score (nSPS) is 14.9. The van der Waals surface area contributed by atoms with Gasteiger partial charge in [-0.05, 0) is 12.1 Å². The quantitative estimate of drug-likeness (QED) is 0.652. The molecule has 1 saturated heterocycles. The Morgan fingerprint density at radius 1 is 0.966 bits per heavy atom. The van der Waals surface area contributed by atoms with Crippen LogP contribution in [0.1, 0.15) is 16.1 Å². The zero-order valence-corrected chi connectivity index (χ0v) is 15.0. The first-order valence-electron chi connectivity index (χ1n) is 8.66. The predicted molar refractivity (Wildman–Crippen MR) is 94.3 cm³/mol. The lowest BCUT2D eigenvalue weighted by atomic mass is 10.2. The van der Waals surface area contributed by atoms with E-state index in [-0.39, 0.29) is 11.5 Å². The van der Waals surface area contributed by atoms with Crippen LogP contribution in [0.5, 0.6) is 0 Å². The molecule has 0 N–H and O–H groups in total. The zero-order valence-electron chi connectivity index (χ0n) is 15.0. The Kier molecular flexibility index (Phi) is 4.82. The number of hydrogen-bond acceptors (Lipinski definition) is 7. The van der Waals surface area contributed by atoms with E-state index in [2.05, 4.69) is 25.0 Å². The minimum Gasteiger partial charge on any atom is -0.353 e. The van der Waals surface area contributed by atoms with Crippen molar-refractivity contribution in [2.45, 2.75) is 6.18 Å². The second-order valence-electron chi connectivity index (χ2n) is 6.28. The molecule has 0 spiro atoms. The van der Waals surface area contributed by atoms with Gasteiger partial charge in [-0.1, -0.05) is 0 Å². The molecule has 150 valence electrons. The SMILES string of the molecule is O=C(c1ccc(C(F)(F)F)nc1)N1CCN(c2cc(-n3cncn3)ncn2)CC1. The monoisotopic (exact) mass is 404 g/mol. The first-order valence-corrected chi connectivity index (χ1v) is 8.66. The second-order valence-corrected chi connectivity index (χ2v) is 6.28. The zero-order chi connectivity index (χ0) is 20.4. The number of carbonyl (C=O) groups excluding carboxylic acids is 1. The van der Waals surface area contributed by atoms with Crippen molar-refractivity contribution < 1.29 is 18.0 Å². The molecule has 12 heteroatoms. The summed E-state index contributed by atoms with van der Waals surface area (Å²) < 4.78 is 39.4. The van der Waals surface area contributed by atoms with E-state index < -0.39 is 11.9 Å². The molecule has 1 aliphatic rings. The van der Waals surface area contributed by atoms with E-state index in [4.69, 9.17) is 0 Å². The van der Waals surface area contributed by atoms with Gasteiger partial charge in [0.2, 0.25) is 0 Å². The molecular weight excluding hydrogens is 389 g/mol. The topological polar surface area (TPSA) is 92.9 Å². The van der Waals surface area contributed by atoms with Crippen LogP contribution < -0.4 is 4.90 Å². The minimum atomic E-state index is -4.53. The highest BCUT2D eigenvalue weighted by molar-refractivity contribution is 5.94. The lowest BCUT2D eigenvalue weighted by Gasteiger charge is -2.35. The molecule has 3 aromatic rings. The Bertz CT molecular complexity index is 983. The van der Waals surface area contributed by atoms with Gasteiger partial charge in [0.1, 0.15) is 30.5 Å². The number of anilines is 1. The lowest BCUT2D eigenvalue weighted by Crippen LogP contribution is -2.49. The van der Waals surface area contributed by atoms with Crippen LogP contribution in [-0.2, 0) is 6.18 Å². The summed E-state index contributed by atoms with van der Waals surface area (Å²) in [7, 11) is 0. The molecule has 1 fully saturated rings. The number of pyridine rings is 1. The summed E-state index contributed by atoms with van der Waals surface area (Å²) >= 11 is 0. The van der Waals surface area contributed by atoms with Gasteiger partial charge in [-0.2, -0.15) is 18.3 Å². The van der Waals surface area contributed by atoms with E-state index in [9.17, 15) is 18.0 Å². The van der Waals surface area contributed by atoms with Gasteiger partial charge in [-0.15, -0.1) is 0 Å². The van der Waals surface area contributed by atoms with Gasteiger partial charge in [0, 0.05) is 38.4 Å². The van der Waals surface area contributed by atoms with E-state index in [1.54, 1.807) is 11.0 Å². The van der Waals surface area contributed by atoms with Crippen molar-refractivity contribution in [2.24, 2.45) is 0 Å². The van der Waals surface area contributed by atoms with Crippen molar-refractivity contribution in [2.75, 3.05) is 31.1 Å². The Labute approximate surface area is 162 Å². The predicted octanol–water partition coefficient (Wildman–Crippen LogP) is 1.43. The minimum absolute atomic E-state index is 0.127. The van der Waals surface area contributed by atoms with Crippen LogP contribution in [0.3, 0.4) is 0 Å². The fraction of sp³-hybridized carbons (Fsp3) is 0.294. The third-order valence-corrected chi connectivity index (χ3v) is 4.48. The lowest BCUT2D eigenvalue weighted by molar-refractivity contribution is -0.141. The summed E-state index contributed by atoms with van der Waals surface area (Å²) in [6, 6.07) is 3.74. The first-order chi connectivity index (χ1) is 13.9. The Balaban J connectivity index is 1.40. The number of piperazine rings is 1. The van der Waals surface area contributed by atoms with Gasteiger partial charge in [0.15, 0.2) is 5.82 Å². The number of rotatable bonds is 3. The summed E-state index contributed by atoms with van der Waals surface area (Å²) in [6.07, 6.45) is 0.795. The maximum Gasteiger partial charge on any atom is 0.433 e. The summed E-state index contributed by atoms with van der Waals surface area (Å²) in [5.41, 5.74) is -0.896. The average Bonchev–Trinajstić information content (AvgIpc) is 3.28. The molecule has 0 aromatic carbocycles. The molecule has 29 heavy (non-hydrogen) atoms. The van der Waals surface area contributed by atoms with Gasteiger partial charge in [0.05, 0.1) is 5.56 Å². The van der Waals surface area contributed by atoms with Crippen molar-refractivity contribution in [3.05, 3.63) is 54.6 Å². The summed E-state index contributed by atoms with van der Waals surface area (Å²) in [4.78, 5) is 31.8. The van der Waals surface area contributed by atoms with Gasteiger partial charge in [-0.25, -0.2) is 19.6 Å². The van der Waals surface area contributed by atoms with E-state index in [0.29, 0.717) is 37.8 Å². The maximum atomic E-state index is 12.6. The molecular formula is C17H15F3N8O. The number of halogens is 3. The smallest absolute Gasteiger partial charge is 0.353 e. The molecule has 0 atom stereocenters. The molecule has 1 aliphatic heterocycles. The van der Waals surface area contributed by atoms with E-state index in [1.165, 1.54) is 23.7 Å². The molecule has 0 radical (unpaired) electrons. The summed E-state index contributed by atoms with van der Waals surface area (Å²) in [5, 5.41) is 4.03. The number of aromatic nitrogens is 6. The Hall–Kier alpha value is -3.57. The van der Waals surface area contributed by atoms with Crippen LogP contribution in [0, 0.1) is 0 Å². The number of hydrogen-bond donors (Lipinski definition) is 0. The third kappa shape index (κ3) is 4.00. The second kappa shape index (κ2) is 7.45. The summed E-state index contributed by atoms with van der Waals surface area (Å²) in [6.45, 7) is 1.85. The number of nitrogens with zero attached hydrogens (tertiary/aromatic N) is 8. The highest BCUT2D eigenvalue weighted by Crippen LogP contribution is 2.27. The number of carbonyl (C=O) groups is 1. The van der Waals surface area contributed by atoms with Crippen LogP contribution in [0.25, 0.3) is 5.82 Å². The fourth-order valence-corrected chi connectivity index (χ4v) is 2.97. The molecule has 9 nitrogen and oxygen atoms in total. The molecule has 1 amide bonds. The van der Waals surface area contributed by atoms with Crippen molar-refractivity contribution >= 4 is 11.7 Å². The van der Waals surface area contributed by atoms with Crippen molar-refractivity contribution in [1.82, 2.24) is 34.6 Å². The molecule has 0 bridgehead atoms. The van der Waals surface area contributed by atoms with Crippen molar-refractivity contribution in [3.8, 4) is 5.82 Å². The number of alkyl halides is 3. The van der Waals surface area contributed by atoms with Crippen LogP contribution in [-0.4, -0.2) is 66.7 Å². The van der Waals surface area contributed by atoms with Gasteiger partial charge in [-0.3, -0.25) is 9.78 Å². The highest BCUT2D eigenvalue weighted by atomic mass is 19.4. The Morgan fingerprint density at radius 3 is 2.34 bits per heavy atom. The van der Waals surface area contributed by atoms with E-state index >= 15 is 0 Å². The fourth-order valence-electron chi connectivity index (χ4n) is 2.97. The van der Waals surface area contributed by atoms with Crippen LogP contribution in [0.15, 0.2) is 43.4 Å². The molecule has 0 saturated carbocycles. The van der Waals surface area contributed by atoms with Crippen LogP contribution in [0.4, 0.5) is 19.0 Å². The molecule has 3 aromatic heterocycles. The van der Waals surface area contributed by atoms with Crippen molar-refractivity contribution in [1.29, 1.82) is 0 Å². The highest BCUT2D eigenvalue weighted by Gasteiger charge is 2.32. The average molecular weight is 404 g/mol. The van der Waals surface area contributed by atoms with Crippen LogP contribution >= 0.6 is 0 Å². The van der Waals surface area contributed by atoms with E-state index in [0.717, 1.165) is 18.3 Å². The molecule has 0 unspecified atom stereocenters. The van der Waals surface area contributed by atoms with Gasteiger partial charge < -0.3 is 9.80 Å². The first kappa shape index (κ1) is 18.8. The number of amides is 1. The maximum absolute atomic E-state index is 12.6.